The van der Waals surface area contributed by atoms with Crippen molar-refractivity contribution >= 4 is 35.6 Å². The molecule has 1 N–H and O–H groups in total. The number of esters is 5. The van der Waals surface area contributed by atoms with E-state index in [0.29, 0.717) is 0 Å². The molecule has 0 saturated heterocycles. The van der Waals surface area contributed by atoms with E-state index in [1.165, 1.54) is 55.1 Å². The predicted octanol–water partition coefficient (Wildman–Crippen LogP) is 5.04. The van der Waals surface area contributed by atoms with Crippen LogP contribution in [0.25, 0.3) is 0 Å². The van der Waals surface area contributed by atoms with E-state index >= 15 is 0 Å². The molecule has 2 aliphatic rings. The third-order valence-electron chi connectivity index (χ3n) is 10.1. The summed E-state index contributed by atoms with van der Waals surface area (Å²) in [7, 11) is 0. The Morgan fingerprint density at radius 3 is 1.84 bits per heavy atom. The highest BCUT2D eigenvalue weighted by Gasteiger charge is 2.63. The van der Waals surface area contributed by atoms with E-state index in [0.717, 1.165) is 6.92 Å². The minimum Gasteiger partial charge on any atom is -0.461 e. The van der Waals surface area contributed by atoms with Gasteiger partial charge < -0.3 is 28.8 Å². The number of rotatable bonds is 9. The number of pyridine rings is 2. The average molecular weight is 777 g/mol. The molecule has 14 heteroatoms. The van der Waals surface area contributed by atoms with E-state index in [4.69, 9.17) is 23.7 Å². The van der Waals surface area contributed by atoms with Gasteiger partial charge in [-0.05, 0) is 36.6 Å². The number of hydrogen-bond acceptors (Lipinski definition) is 14. The van der Waals surface area contributed by atoms with Crippen molar-refractivity contribution in [1.82, 2.24) is 9.97 Å². The number of fused-ring (bicyclic) bond motifs is 1. The third kappa shape index (κ3) is 9.58. The zero-order valence-corrected chi connectivity index (χ0v) is 33.3. The standard InChI is InChI=1S/C42H52N2O12/c1-22(2)37(47)53-31-25(6)19-42(51)30(31)32(52-27(8)45)26(7)33(54-38(48)23(3)4)34(55-39(49)28-13-11-17-43-20-28)36(41(9,10)16-15-24(5)35(42)46)56-40(50)29-14-12-18-44-21-29/h11-18,20-25,30-34,36,51H,7,19H2,1-6,8-10H3. The number of aliphatic hydroxyl groups is 1. The Balaban J connectivity index is 2.08. The smallest absolute Gasteiger partial charge is 0.340 e. The van der Waals surface area contributed by atoms with Crippen LogP contribution in [0.4, 0.5) is 0 Å². The van der Waals surface area contributed by atoms with Crippen LogP contribution in [0.5, 0.6) is 0 Å². The topological polar surface area (TPSA) is 195 Å². The molecule has 4 rings (SSSR count). The van der Waals surface area contributed by atoms with Crippen LogP contribution in [0, 0.1) is 35.0 Å². The maximum atomic E-state index is 14.5. The number of ketones is 1. The predicted molar refractivity (Wildman–Crippen MR) is 200 cm³/mol. The normalized spacial score (nSPS) is 29.0. The maximum absolute atomic E-state index is 14.5. The summed E-state index contributed by atoms with van der Waals surface area (Å²) in [5.74, 6) is -9.32. The number of allylic oxidation sites excluding steroid dienone is 1. The largest absolute Gasteiger partial charge is 0.461 e. The first kappa shape index (κ1) is 43.5. The van der Waals surface area contributed by atoms with Crippen molar-refractivity contribution in [3.8, 4) is 0 Å². The average Bonchev–Trinajstić information content (AvgIpc) is 3.41. The molecule has 0 radical (unpaired) electrons. The summed E-state index contributed by atoms with van der Waals surface area (Å²) in [6.07, 6.45) is 0.438. The molecule has 56 heavy (non-hydrogen) atoms. The summed E-state index contributed by atoms with van der Waals surface area (Å²) < 4.78 is 30.4. The first-order chi connectivity index (χ1) is 26.2. The Labute approximate surface area is 327 Å². The molecular formula is C42H52N2O12. The van der Waals surface area contributed by atoms with Gasteiger partial charge in [-0.25, -0.2) is 9.59 Å². The van der Waals surface area contributed by atoms with Gasteiger partial charge in [0.25, 0.3) is 0 Å². The second-order valence-electron chi connectivity index (χ2n) is 15.8. The van der Waals surface area contributed by atoms with Crippen molar-refractivity contribution in [3.63, 3.8) is 0 Å². The second kappa shape index (κ2) is 17.7. The molecule has 9 unspecified atom stereocenters. The summed E-state index contributed by atoms with van der Waals surface area (Å²) in [5.41, 5.74) is -3.81. The number of hydrogen-bond donors (Lipinski definition) is 1. The molecule has 302 valence electrons. The number of carbonyl (C=O) groups is 6. The number of aromatic nitrogens is 2. The highest BCUT2D eigenvalue weighted by Crippen LogP contribution is 2.49. The van der Waals surface area contributed by atoms with Crippen LogP contribution < -0.4 is 0 Å². The molecule has 0 aliphatic heterocycles. The molecule has 0 aromatic carbocycles. The van der Waals surface area contributed by atoms with E-state index in [2.05, 4.69) is 16.5 Å². The lowest BCUT2D eigenvalue weighted by molar-refractivity contribution is -0.178. The first-order valence-electron chi connectivity index (χ1n) is 18.6. The number of ether oxygens (including phenoxy) is 5. The molecule has 2 aliphatic carbocycles. The van der Waals surface area contributed by atoms with Gasteiger partial charge in [0.1, 0.15) is 17.8 Å². The summed E-state index contributed by atoms with van der Waals surface area (Å²) in [6, 6.07) is 5.95. The first-order valence-corrected chi connectivity index (χ1v) is 18.6. The summed E-state index contributed by atoms with van der Waals surface area (Å²) in [6.45, 7) is 18.3. The molecule has 0 spiro atoms. The molecule has 1 saturated carbocycles. The van der Waals surface area contributed by atoms with Gasteiger partial charge in [-0.2, -0.15) is 0 Å². The van der Waals surface area contributed by atoms with Crippen LogP contribution >= 0.6 is 0 Å². The summed E-state index contributed by atoms with van der Waals surface area (Å²) in [4.78, 5) is 90.3. The highest BCUT2D eigenvalue weighted by molar-refractivity contribution is 5.92. The van der Waals surface area contributed by atoms with Crippen molar-refractivity contribution < 1.29 is 57.6 Å². The van der Waals surface area contributed by atoms with Crippen molar-refractivity contribution in [2.24, 2.45) is 35.0 Å². The Kier molecular flexibility index (Phi) is 13.7. The molecule has 0 amide bonds. The SMILES string of the molecule is C=C1C(OC(=O)C(C)C)C(OC(=O)c2cccnc2)C(OC(=O)c2cccnc2)C(C)(C)C=CC(C)C(=O)C2(O)CC(C)C(OC(=O)C(C)C)C2C1OC(C)=O. The van der Waals surface area contributed by atoms with E-state index in [9.17, 15) is 33.9 Å². The second-order valence-corrected chi connectivity index (χ2v) is 15.8. The Hall–Kier alpha value is -5.24. The highest BCUT2D eigenvalue weighted by atomic mass is 16.6. The zero-order chi connectivity index (χ0) is 41.7. The van der Waals surface area contributed by atoms with Crippen molar-refractivity contribution in [2.75, 3.05) is 0 Å². The van der Waals surface area contributed by atoms with Gasteiger partial charge >= 0.3 is 29.8 Å². The molecule has 2 heterocycles. The van der Waals surface area contributed by atoms with Gasteiger partial charge in [0.2, 0.25) is 0 Å². The van der Waals surface area contributed by atoms with E-state index in [-0.39, 0.29) is 23.1 Å². The van der Waals surface area contributed by atoms with Crippen molar-refractivity contribution in [2.45, 2.75) is 105 Å². The Bertz CT molecular complexity index is 1820. The monoisotopic (exact) mass is 776 g/mol. The van der Waals surface area contributed by atoms with Crippen molar-refractivity contribution in [3.05, 3.63) is 84.5 Å². The minimum absolute atomic E-state index is 0.000687. The minimum atomic E-state index is -2.28. The Morgan fingerprint density at radius 1 is 0.804 bits per heavy atom. The number of carbonyl (C=O) groups excluding carboxylic acids is 6. The van der Waals surface area contributed by atoms with Crippen molar-refractivity contribution in [1.29, 1.82) is 0 Å². The molecule has 9 atom stereocenters. The fourth-order valence-electron chi connectivity index (χ4n) is 7.09. The number of nitrogens with zero attached hydrogens (tertiary/aromatic N) is 2. The Morgan fingerprint density at radius 2 is 1.34 bits per heavy atom. The molecule has 14 nitrogen and oxygen atoms in total. The van der Waals surface area contributed by atoms with Gasteiger partial charge in [0.05, 0.1) is 28.9 Å². The summed E-state index contributed by atoms with van der Waals surface area (Å²) >= 11 is 0. The molecule has 2 aromatic heterocycles. The van der Waals surface area contributed by atoms with E-state index in [1.54, 1.807) is 61.5 Å². The lowest BCUT2D eigenvalue weighted by Crippen LogP contribution is -2.58. The van der Waals surface area contributed by atoms with Gasteiger partial charge in [0.15, 0.2) is 24.1 Å². The molecule has 0 bridgehead atoms. The lowest BCUT2D eigenvalue weighted by Gasteiger charge is -2.44. The van der Waals surface area contributed by atoms with E-state index in [1.807, 2.05) is 0 Å². The lowest BCUT2D eigenvalue weighted by atomic mass is 9.72. The van der Waals surface area contributed by atoms with Crippen LogP contribution in [-0.4, -0.2) is 86.8 Å². The van der Waals surface area contributed by atoms with Gasteiger partial charge in [0, 0.05) is 48.6 Å². The van der Waals surface area contributed by atoms with Crippen LogP contribution in [0.1, 0.15) is 89.5 Å². The van der Waals surface area contributed by atoms with Gasteiger partial charge in [-0.15, -0.1) is 0 Å². The summed E-state index contributed by atoms with van der Waals surface area (Å²) in [5, 5.41) is 12.6. The quantitative estimate of drug-likeness (QED) is 0.202. The van der Waals surface area contributed by atoms with Gasteiger partial charge in [-0.1, -0.05) is 74.1 Å². The molecule has 1 fully saturated rings. The van der Waals surface area contributed by atoms with Crippen LogP contribution in [0.2, 0.25) is 0 Å². The molecule has 2 aromatic rings. The molecular weight excluding hydrogens is 724 g/mol. The van der Waals surface area contributed by atoms with Crippen LogP contribution in [-0.2, 0) is 42.9 Å². The van der Waals surface area contributed by atoms with Gasteiger partial charge in [-0.3, -0.25) is 29.1 Å². The fourth-order valence-corrected chi connectivity index (χ4v) is 7.09. The number of Topliss-reactive ketones (excluding diaryl/α,β-unsaturated/α-hetero) is 1. The third-order valence-corrected chi connectivity index (χ3v) is 10.1. The maximum Gasteiger partial charge on any atom is 0.340 e. The fraction of sp³-hybridized carbons (Fsp3) is 0.524. The van der Waals surface area contributed by atoms with E-state index < -0.39 is 107 Å². The zero-order valence-electron chi connectivity index (χ0n) is 33.3. The van der Waals surface area contributed by atoms with Crippen LogP contribution in [0.15, 0.2) is 73.4 Å². The van der Waals surface area contributed by atoms with Crippen LogP contribution in [0.3, 0.4) is 0 Å².